The molecule has 2 aromatic carbocycles. The molecule has 1 aliphatic heterocycles. The molecule has 1 aromatic heterocycles. The van der Waals surface area contributed by atoms with Gasteiger partial charge in [-0.05, 0) is 88.6 Å². The zero-order valence-corrected chi connectivity index (χ0v) is 26.4. The Morgan fingerprint density at radius 1 is 0.976 bits per heavy atom. The van der Waals surface area contributed by atoms with Crippen molar-refractivity contribution in [3.8, 4) is 11.1 Å². The van der Waals surface area contributed by atoms with Crippen molar-refractivity contribution in [2.45, 2.75) is 79.9 Å². The molecule has 4 rings (SSSR count). The van der Waals surface area contributed by atoms with E-state index < -0.39 is 17.7 Å². The van der Waals surface area contributed by atoms with Crippen LogP contribution in [-0.4, -0.2) is 36.3 Å². The summed E-state index contributed by atoms with van der Waals surface area (Å²) in [5, 5.41) is 0. The lowest BCUT2D eigenvalue weighted by atomic mass is 9.81. The van der Waals surface area contributed by atoms with E-state index in [1.807, 2.05) is 53.7 Å². The summed E-state index contributed by atoms with van der Waals surface area (Å²) in [7, 11) is 0. The molecule has 0 saturated carbocycles. The van der Waals surface area contributed by atoms with Gasteiger partial charge in [-0.3, -0.25) is 4.98 Å². The third-order valence-corrected chi connectivity index (χ3v) is 7.78. The van der Waals surface area contributed by atoms with Crippen molar-refractivity contribution in [2.24, 2.45) is 5.41 Å². The maximum atomic E-state index is 13.5. The molecule has 0 radical (unpaired) electrons. The summed E-state index contributed by atoms with van der Waals surface area (Å²) in [6.07, 6.45) is 5.18. The van der Waals surface area contributed by atoms with Gasteiger partial charge < -0.3 is 14.4 Å². The third-order valence-electron chi connectivity index (χ3n) is 7.78. The summed E-state index contributed by atoms with van der Waals surface area (Å²) in [6.45, 7) is 18.3. The Bertz CT molecular complexity index is 1410. The van der Waals surface area contributed by atoms with Crippen molar-refractivity contribution in [2.75, 3.05) is 24.6 Å². The van der Waals surface area contributed by atoms with Gasteiger partial charge in [-0.2, -0.15) is 0 Å². The quantitative estimate of drug-likeness (QED) is 0.200. The molecule has 42 heavy (non-hydrogen) atoms. The van der Waals surface area contributed by atoms with E-state index in [-0.39, 0.29) is 17.8 Å². The van der Waals surface area contributed by atoms with Gasteiger partial charge in [0, 0.05) is 35.6 Å². The van der Waals surface area contributed by atoms with E-state index in [2.05, 4.69) is 43.0 Å². The topological polar surface area (TPSA) is 51.7 Å². The van der Waals surface area contributed by atoms with Crippen LogP contribution in [0.1, 0.15) is 88.6 Å². The molecule has 5 nitrogen and oxygen atoms in total. The molecule has 1 saturated heterocycles. The largest absolute Gasteiger partial charge is 0.464 e. The van der Waals surface area contributed by atoms with Crippen LogP contribution >= 0.6 is 0 Å². The van der Waals surface area contributed by atoms with Gasteiger partial charge in [-0.15, -0.1) is 0 Å². The second-order valence-corrected chi connectivity index (χ2v) is 12.9. The van der Waals surface area contributed by atoms with E-state index in [1.54, 1.807) is 12.1 Å². The second kappa shape index (κ2) is 12.8. The van der Waals surface area contributed by atoms with Gasteiger partial charge in [0.2, 0.25) is 0 Å². The van der Waals surface area contributed by atoms with E-state index in [1.165, 1.54) is 12.1 Å². The van der Waals surface area contributed by atoms with Crippen LogP contribution in [0.2, 0.25) is 0 Å². The Hall–Kier alpha value is -3.51. The molecule has 1 fully saturated rings. The number of nitrogens with zero attached hydrogens (tertiary/aromatic N) is 2. The first-order chi connectivity index (χ1) is 19.8. The normalized spacial score (nSPS) is 16.1. The van der Waals surface area contributed by atoms with Crippen LogP contribution in [0.5, 0.6) is 0 Å². The zero-order valence-electron chi connectivity index (χ0n) is 26.4. The van der Waals surface area contributed by atoms with Crippen molar-refractivity contribution in [3.63, 3.8) is 0 Å². The number of ether oxygens (including phenoxy) is 2. The summed E-state index contributed by atoms with van der Waals surface area (Å²) in [6, 6.07) is 14.8. The van der Waals surface area contributed by atoms with Gasteiger partial charge in [-0.1, -0.05) is 62.4 Å². The van der Waals surface area contributed by atoms with Gasteiger partial charge in [0.15, 0.2) is 6.10 Å². The van der Waals surface area contributed by atoms with Crippen LogP contribution in [0.3, 0.4) is 0 Å². The monoisotopic (exact) mass is 572 g/mol. The standard InChI is InChI=1S/C36H45FN2O3/c1-9-41-34(40)33(42-35(4,5)6)31-25(3)38-24(2)30(32(31)39-22-20-36(7,8)21-23-39)28-16-12-26(13-17-28)10-11-27-14-18-29(37)19-15-27/h10-19,33H,9,20-23H2,1-8H3/b11-10+/t33-/m0/s1. The predicted molar refractivity (Wildman–Crippen MR) is 170 cm³/mol. The molecule has 0 spiro atoms. The van der Waals surface area contributed by atoms with E-state index in [0.29, 0.717) is 0 Å². The Morgan fingerprint density at radius 2 is 1.52 bits per heavy atom. The van der Waals surface area contributed by atoms with Crippen LogP contribution in [0.15, 0.2) is 48.5 Å². The zero-order chi connectivity index (χ0) is 30.7. The van der Waals surface area contributed by atoms with Crippen molar-refractivity contribution in [1.29, 1.82) is 0 Å². The number of pyridine rings is 1. The number of aromatic nitrogens is 1. The lowest BCUT2D eigenvalue weighted by Crippen LogP contribution is -2.39. The molecule has 6 heteroatoms. The number of hydrogen-bond acceptors (Lipinski definition) is 5. The maximum Gasteiger partial charge on any atom is 0.340 e. The third kappa shape index (κ3) is 7.65. The number of rotatable bonds is 8. The van der Waals surface area contributed by atoms with Crippen molar-refractivity contribution < 1.29 is 18.7 Å². The fourth-order valence-corrected chi connectivity index (χ4v) is 5.49. The molecule has 0 aliphatic carbocycles. The van der Waals surface area contributed by atoms with Gasteiger partial charge in [0.05, 0.1) is 17.9 Å². The second-order valence-electron chi connectivity index (χ2n) is 12.9. The molecule has 3 aromatic rings. The Balaban J connectivity index is 1.84. The van der Waals surface area contributed by atoms with Crippen LogP contribution < -0.4 is 4.90 Å². The van der Waals surface area contributed by atoms with Crippen molar-refractivity contribution in [1.82, 2.24) is 4.98 Å². The average molecular weight is 573 g/mol. The highest BCUT2D eigenvalue weighted by Gasteiger charge is 2.37. The van der Waals surface area contributed by atoms with Gasteiger partial charge in [-0.25, -0.2) is 9.18 Å². The highest BCUT2D eigenvalue weighted by Crippen LogP contribution is 2.45. The van der Waals surface area contributed by atoms with Crippen molar-refractivity contribution in [3.05, 3.63) is 82.4 Å². The highest BCUT2D eigenvalue weighted by atomic mass is 19.1. The van der Waals surface area contributed by atoms with Gasteiger partial charge in [0.1, 0.15) is 5.82 Å². The van der Waals surface area contributed by atoms with Gasteiger partial charge >= 0.3 is 5.97 Å². The lowest BCUT2D eigenvalue weighted by Gasteiger charge is -2.41. The summed E-state index contributed by atoms with van der Waals surface area (Å²) in [4.78, 5) is 20.9. The van der Waals surface area contributed by atoms with Crippen LogP contribution in [-0.2, 0) is 14.3 Å². The number of anilines is 1. The van der Waals surface area contributed by atoms with E-state index in [4.69, 9.17) is 14.5 Å². The summed E-state index contributed by atoms with van der Waals surface area (Å²) in [5.74, 6) is -0.642. The summed E-state index contributed by atoms with van der Waals surface area (Å²) < 4.78 is 25.3. The summed E-state index contributed by atoms with van der Waals surface area (Å²) >= 11 is 0. The minimum atomic E-state index is -0.903. The number of benzene rings is 2. The maximum absolute atomic E-state index is 13.5. The van der Waals surface area contributed by atoms with E-state index in [9.17, 15) is 9.18 Å². The molecule has 2 heterocycles. The molecular weight excluding hydrogens is 527 g/mol. The molecule has 0 unspecified atom stereocenters. The highest BCUT2D eigenvalue weighted by molar-refractivity contribution is 5.88. The fourth-order valence-electron chi connectivity index (χ4n) is 5.49. The number of halogens is 1. The molecule has 0 N–H and O–H groups in total. The first kappa shape index (κ1) is 31.4. The van der Waals surface area contributed by atoms with E-state index in [0.717, 1.165) is 70.8 Å². The lowest BCUT2D eigenvalue weighted by molar-refractivity contribution is -0.166. The number of hydrogen-bond donors (Lipinski definition) is 0. The molecule has 224 valence electrons. The summed E-state index contributed by atoms with van der Waals surface area (Å²) in [5.41, 5.74) is 7.15. The number of carbonyl (C=O) groups excluding carboxylic acids is 1. The number of piperidine rings is 1. The minimum Gasteiger partial charge on any atom is -0.464 e. The van der Waals surface area contributed by atoms with Gasteiger partial charge in [0.25, 0.3) is 0 Å². The number of esters is 1. The molecule has 1 atom stereocenters. The molecular formula is C36H45FN2O3. The number of carbonyl (C=O) groups is 1. The molecule has 0 amide bonds. The number of aryl methyl sites for hydroxylation is 2. The first-order valence-corrected chi connectivity index (χ1v) is 14.9. The predicted octanol–water partition coefficient (Wildman–Crippen LogP) is 8.72. The smallest absolute Gasteiger partial charge is 0.340 e. The van der Waals surface area contributed by atoms with E-state index >= 15 is 0 Å². The Morgan fingerprint density at radius 3 is 2.05 bits per heavy atom. The molecule has 0 bridgehead atoms. The minimum absolute atomic E-state index is 0.246. The molecule has 1 aliphatic rings. The van der Waals surface area contributed by atoms with Crippen LogP contribution in [0, 0.1) is 25.1 Å². The average Bonchev–Trinajstić information content (AvgIpc) is 2.91. The van der Waals surface area contributed by atoms with Crippen molar-refractivity contribution >= 4 is 23.8 Å². The fraction of sp³-hybridized carbons (Fsp3) is 0.444. The van der Waals surface area contributed by atoms with Crippen LogP contribution in [0.25, 0.3) is 23.3 Å². The first-order valence-electron chi connectivity index (χ1n) is 14.9. The Labute approximate surface area is 250 Å². The SMILES string of the molecule is CCOC(=O)[C@@H](OC(C)(C)C)c1c(C)nc(C)c(-c2ccc(/C=C/c3ccc(F)cc3)cc2)c1N1CCC(C)(C)CC1. The Kier molecular flexibility index (Phi) is 9.56. The van der Waals surface area contributed by atoms with Crippen LogP contribution in [0.4, 0.5) is 10.1 Å².